The first-order valence-electron chi connectivity index (χ1n) is 5.81. The van der Waals surface area contributed by atoms with Gasteiger partial charge >= 0.3 is 0 Å². The lowest BCUT2D eigenvalue weighted by Gasteiger charge is -2.27. The second-order valence-electron chi connectivity index (χ2n) is 4.07. The average Bonchev–Trinajstić information content (AvgIpc) is 2.43. The Morgan fingerprint density at radius 2 is 1.56 bits per heavy atom. The first kappa shape index (κ1) is 10.9. The summed E-state index contributed by atoms with van der Waals surface area (Å²) in [6, 6.07) is 15.7. The summed E-state index contributed by atoms with van der Waals surface area (Å²) in [6.45, 7) is 0.285. The summed E-state index contributed by atoms with van der Waals surface area (Å²) in [6.07, 6.45) is 5.13. The lowest BCUT2D eigenvalue weighted by atomic mass is 9.97. The highest BCUT2D eigenvalue weighted by Crippen LogP contribution is 2.44. The maximum absolute atomic E-state index is 5.86. The molecule has 1 heterocycles. The third kappa shape index (κ3) is 1.75. The molecule has 1 aliphatic heterocycles. The lowest BCUT2D eigenvalue weighted by Crippen LogP contribution is -2.13. The molecule has 0 aromatic heterocycles. The van der Waals surface area contributed by atoms with Crippen molar-refractivity contribution >= 4 is 0 Å². The van der Waals surface area contributed by atoms with Gasteiger partial charge < -0.3 is 9.47 Å². The van der Waals surface area contributed by atoms with Crippen molar-refractivity contribution in [1.29, 1.82) is 0 Å². The van der Waals surface area contributed by atoms with Crippen molar-refractivity contribution in [2.45, 2.75) is 6.10 Å². The van der Waals surface area contributed by atoms with Crippen molar-refractivity contribution < 1.29 is 9.47 Å². The summed E-state index contributed by atoms with van der Waals surface area (Å²) in [4.78, 5) is 0. The van der Waals surface area contributed by atoms with Gasteiger partial charge in [-0.1, -0.05) is 42.3 Å². The van der Waals surface area contributed by atoms with E-state index in [0.717, 1.165) is 22.6 Å². The van der Waals surface area contributed by atoms with E-state index in [-0.39, 0.29) is 12.7 Å². The zero-order valence-electron chi connectivity index (χ0n) is 9.80. The van der Waals surface area contributed by atoms with Crippen LogP contribution in [-0.4, -0.2) is 6.61 Å². The quantitative estimate of drug-likeness (QED) is 0.742. The van der Waals surface area contributed by atoms with Crippen molar-refractivity contribution in [2.75, 3.05) is 6.61 Å². The molecule has 3 rings (SSSR count). The molecule has 0 unspecified atom stereocenters. The SMILES string of the molecule is C#CCOC1c2ccccc2Oc2ccccc21. The van der Waals surface area contributed by atoms with E-state index >= 15 is 0 Å². The Labute approximate surface area is 106 Å². The first-order valence-corrected chi connectivity index (χ1v) is 5.81. The fourth-order valence-corrected chi connectivity index (χ4v) is 2.18. The van der Waals surface area contributed by atoms with Crippen LogP contribution in [0.2, 0.25) is 0 Å². The van der Waals surface area contributed by atoms with Crippen molar-refractivity contribution in [3.63, 3.8) is 0 Å². The molecule has 2 aromatic carbocycles. The van der Waals surface area contributed by atoms with Crippen LogP contribution < -0.4 is 4.74 Å². The summed E-state index contributed by atoms with van der Waals surface area (Å²) >= 11 is 0. The summed E-state index contributed by atoms with van der Waals surface area (Å²) < 4.78 is 11.6. The van der Waals surface area contributed by atoms with Gasteiger partial charge in [0, 0.05) is 11.1 Å². The van der Waals surface area contributed by atoms with E-state index in [2.05, 4.69) is 5.92 Å². The molecule has 0 atom stereocenters. The lowest BCUT2D eigenvalue weighted by molar-refractivity contribution is 0.100. The molecule has 0 bridgehead atoms. The highest BCUT2D eigenvalue weighted by Gasteiger charge is 2.26. The average molecular weight is 236 g/mol. The first-order chi connectivity index (χ1) is 8.90. The molecule has 0 N–H and O–H groups in total. The minimum Gasteiger partial charge on any atom is -0.457 e. The van der Waals surface area contributed by atoms with E-state index in [1.165, 1.54) is 0 Å². The maximum atomic E-state index is 5.86. The van der Waals surface area contributed by atoms with Crippen LogP contribution in [0.4, 0.5) is 0 Å². The molecule has 2 aromatic rings. The van der Waals surface area contributed by atoms with Crippen molar-refractivity contribution in [3.8, 4) is 23.8 Å². The fourth-order valence-electron chi connectivity index (χ4n) is 2.18. The summed E-state index contributed by atoms with van der Waals surface area (Å²) in [5, 5.41) is 0. The number of rotatable bonds is 2. The molecular weight excluding hydrogens is 224 g/mol. The van der Waals surface area contributed by atoms with Crippen LogP contribution in [0.25, 0.3) is 0 Å². The van der Waals surface area contributed by atoms with Gasteiger partial charge in [-0.05, 0) is 12.1 Å². The van der Waals surface area contributed by atoms with Crippen LogP contribution in [0.1, 0.15) is 17.2 Å². The van der Waals surface area contributed by atoms with Gasteiger partial charge in [-0.25, -0.2) is 0 Å². The van der Waals surface area contributed by atoms with Gasteiger partial charge in [0.2, 0.25) is 0 Å². The number of fused-ring (bicyclic) bond motifs is 2. The fraction of sp³-hybridized carbons (Fsp3) is 0.125. The van der Waals surface area contributed by atoms with E-state index in [1.807, 2.05) is 48.5 Å². The molecule has 1 aliphatic rings. The highest BCUT2D eigenvalue weighted by atomic mass is 16.5. The molecule has 88 valence electrons. The Morgan fingerprint density at radius 3 is 2.11 bits per heavy atom. The van der Waals surface area contributed by atoms with Gasteiger partial charge in [0.1, 0.15) is 24.2 Å². The van der Waals surface area contributed by atoms with E-state index in [0.29, 0.717) is 0 Å². The van der Waals surface area contributed by atoms with E-state index in [4.69, 9.17) is 15.9 Å². The molecule has 2 heteroatoms. The number of terminal acetylenes is 1. The second kappa shape index (κ2) is 4.56. The predicted molar refractivity (Wildman–Crippen MR) is 69.6 cm³/mol. The Bertz CT molecular complexity index is 565. The van der Waals surface area contributed by atoms with Crippen molar-refractivity contribution in [3.05, 3.63) is 59.7 Å². The van der Waals surface area contributed by atoms with Crippen LogP contribution >= 0.6 is 0 Å². The predicted octanol–water partition coefficient (Wildman–Crippen LogP) is 3.53. The van der Waals surface area contributed by atoms with Gasteiger partial charge in [-0.15, -0.1) is 6.42 Å². The van der Waals surface area contributed by atoms with Gasteiger partial charge in [-0.2, -0.15) is 0 Å². The van der Waals surface area contributed by atoms with E-state index in [1.54, 1.807) is 0 Å². The molecule has 0 fully saturated rings. The van der Waals surface area contributed by atoms with Crippen LogP contribution in [0, 0.1) is 12.3 Å². The van der Waals surface area contributed by atoms with Crippen LogP contribution in [0.5, 0.6) is 11.5 Å². The molecular formula is C16H12O2. The Morgan fingerprint density at radius 1 is 1.00 bits per heavy atom. The molecule has 0 spiro atoms. The largest absolute Gasteiger partial charge is 0.457 e. The zero-order valence-corrected chi connectivity index (χ0v) is 9.80. The standard InChI is InChI=1S/C16H12O2/c1-2-11-17-16-12-7-3-5-9-14(12)18-15-10-6-4-8-13(15)16/h1,3-10,16H,11H2. The molecule has 0 saturated heterocycles. The topological polar surface area (TPSA) is 18.5 Å². The number of hydrogen-bond acceptors (Lipinski definition) is 2. The van der Waals surface area contributed by atoms with Gasteiger partial charge in [0.15, 0.2) is 0 Å². The molecule has 0 radical (unpaired) electrons. The normalized spacial score (nSPS) is 13.1. The van der Waals surface area contributed by atoms with Gasteiger partial charge in [0.25, 0.3) is 0 Å². The van der Waals surface area contributed by atoms with Gasteiger partial charge in [-0.3, -0.25) is 0 Å². The minimum absolute atomic E-state index is 0.151. The number of benzene rings is 2. The van der Waals surface area contributed by atoms with E-state index < -0.39 is 0 Å². The number of para-hydroxylation sites is 2. The minimum atomic E-state index is -0.151. The smallest absolute Gasteiger partial charge is 0.133 e. The van der Waals surface area contributed by atoms with Crippen molar-refractivity contribution in [2.24, 2.45) is 0 Å². The Balaban J connectivity index is 2.09. The molecule has 0 saturated carbocycles. The molecule has 18 heavy (non-hydrogen) atoms. The maximum Gasteiger partial charge on any atom is 0.133 e. The van der Waals surface area contributed by atoms with E-state index in [9.17, 15) is 0 Å². The Hall–Kier alpha value is -2.24. The molecule has 2 nitrogen and oxygen atoms in total. The highest BCUT2D eigenvalue weighted by molar-refractivity contribution is 5.52. The third-order valence-corrected chi connectivity index (χ3v) is 2.96. The number of ether oxygens (including phenoxy) is 2. The van der Waals surface area contributed by atoms with Crippen LogP contribution in [-0.2, 0) is 4.74 Å². The second-order valence-corrected chi connectivity index (χ2v) is 4.07. The third-order valence-electron chi connectivity index (χ3n) is 2.96. The summed E-state index contributed by atoms with van der Waals surface area (Å²) in [7, 11) is 0. The van der Waals surface area contributed by atoms with Crippen LogP contribution in [0.3, 0.4) is 0 Å². The Kier molecular flexibility index (Phi) is 2.76. The van der Waals surface area contributed by atoms with Gasteiger partial charge in [0.05, 0.1) is 0 Å². The summed E-state index contributed by atoms with van der Waals surface area (Å²) in [5.41, 5.74) is 2.04. The van der Waals surface area contributed by atoms with Crippen LogP contribution in [0.15, 0.2) is 48.5 Å². The number of hydrogen-bond donors (Lipinski definition) is 0. The van der Waals surface area contributed by atoms with Crippen molar-refractivity contribution in [1.82, 2.24) is 0 Å². The summed E-state index contributed by atoms with van der Waals surface area (Å²) in [5.74, 6) is 4.18. The molecule has 0 aliphatic carbocycles. The monoisotopic (exact) mass is 236 g/mol. The molecule has 0 amide bonds. The zero-order chi connectivity index (χ0) is 12.4.